The first-order valence-electron chi connectivity index (χ1n) is 6.21. The lowest BCUT2D eigenvalue weighted by Crippen LogP contribution is -2.49. The molecule has 0 aromatic heterocycles. The van der Waals surface area contributed by atoms with Gasteiger partial charge in [0.2, 0.25) is 0 Å². The topological polar surface area (TPSA) is 66.8 Å². The van der Waals surface area contributed by atoms with Crippen molar-refractivity contribution in [3.63, 3.8) is 0 Å². The van der Waals surface area contributed by atoms with E-state index in [0.717, 1.165) is 12.8 Å². The first-order valence-corrected chi connectivity index (χ1v) is 6.21. The number of likely N-dealkylation sites (tertiary alicyclic amines) is 1. The molecule has 0 radical (unpaired) electrons. The van der Waals surface area contributed by atoms with E-state index in [1.165, 1.54) is 0 Å². The highest BCUT2D eigenvalue weighted by Crippen LogP contribution is 2.24. The van der Waals surface area contributed by atoms with Crippen LogP contribution < -0.4 is 0 Å². The van der Waals surface area contributed by atoms with Crippen LogP contribution in [0.2, 0.25) is 0 Å². The van der Waals surface area contributed by atoms with Crippen molar-refractivity contribution in [3.8, 4) is 0 Å². The maximum Gasteiger partial charge on any atom is 0.308 e. The van der Waals surface area contributed by atoms with Gasteiger partial charge in [0.05, 0.1) is 5.92 Å². The molecule has 0 saturated carbocycles. The predicted octanol–water partition coefficient (Wildman–Crippen LogP) is 0.735. The zero-order valence-corrected chi connectivity index (χ0v) is 10.1. The molecule has 96 valence electrons. The van der Waals surface area contributed by atoms with Gasteiger partial charge >= 0.3 is 5.97 Å². The SMILES string of the molecule is CC1CC(C(=O)O)CN(C(=O)[C@H]2CCCO2)C1. The average molecular weight is 241 g/mol. The lowest BCUT2D eigenvalue weighted by molar-refractivity contribution is -0.150. The molecule has 2 fully saturated rings. The van der Waals surface area contributed by atoms with Crippen LogP contribution in [0.25, 0.3) is 0 Å². The fraction of sp³-hybridized carbons (Fsp3) is 0.833. The predicted molar refractivity (Wildman–Crippen MR) is 60.5 cm³/mol. The zero-order chi connectivity index (χ0) is 12.4. The zero-order valence-electron chi connectivity index (χ0n) is 10.1. The third-order valence-corrected chi connectivity index (χ3v) is 3.53. The van der Waals surface area contributed by atoms with E-state index in [-0.39, 0.29) is 17.9 Å². The summed E-state index contributed by atoms with van der Waals surface area (Å²) in [4.78, 5) is 24.8. The van der Waals surface area contributed by atoms with Crippen molar-refractivity contribution < 1.29 is 19.4 Å². The molecule has 2 rings (SSSR count). The number of carbonyl (C=O) groups is 2. The molecule has 0 aromatic rings. The van der Waals surface area contributed by atoms with Crippen molar-refractivity contribution in [1.82, 2.24) is 4.90 Å². The number of piperidine rings is 1. The first kappa shape index (κ1) is 12.4. The molecule has 2 aliphatic heterocycles. The number of hydrogen-bond donors (Lipinski definition) is 1. The second kappa shape index (κ2) is 5.04. The van der Waals surface area contributed by atoms with E-state index in [0.29, 0.717) is 26.1 Å². The summed E-state index contributed by atoms with van der Waals surface area (Å²) in [5.41, 5.74) is 0. The van der Waals surface area contributed by atoms with E-state index in [9.17, 15) is 9.59 Å². The molecular weight excluding hydrogens is 222 g/mol. The average Bonchev–Trinajstić information content (AvgIpc) is 2.80. The van der Waals surface area contributed by atoms with Crippen molar-refractivity contribution in [1.29, 1.82) is 0 Å². The molecule has 1 N–H and O–H groups in total. The Kier molecular flexibility index (Phi) is 3.66. The second-order valence-corrected chi connectivity index (χ2v) is 5.12. The van der Waals surface area contributed by atoms with E-state index < -0.39 is 11.9 Å². The fourth-order valence-electron chi connectivity index (χ4n) is 2.69. The number of carbonyl (C=O) groups excluding carboxylic acids is 1. The number of hydrogen-bond acceptors (Lipinski definition) is 3. The lowest BCUT2D eigenvalue weighted by Gasteiger charge is -2.35. The molecule has 3 atom stereocenters. The van der Waals surface area contributed by atoms with Crippen LogP contribution in [-0.2, 0) is 14.3 Å². The van der Waals surface area contributed by atoms with Crippen LogP contribution in [0.5, 0.6) is 0 Å². The van der Waals surface area contributed by atoms with Gasteiger partial charge in [-0.2, -0.15) is 0 Å². The minimum absolute atomic E-state index is 0.0275. The maximum atomic E-state index is 12.1. The molecule has 5 heteroatoms. The van der Waals surface area contributed by atoms with Crippen LogP contribution in [0, 0.1) is 11.8 Å². The molecule has 0 aromatic carbocycles. The van der Waals surface area contributed by atoms with Crippen LogP contribution in [0.15, 0.2) is 0 Å². The molecule has 2 aliphatic rings. The Balaban J connectivity index is 1.99. The second-order valence-electron chi connectivity index (χ2n) is 5.12. The van der Waals surface area contributed by atoms with Crippen LogP contribution in [0.3, 0.4) is 0 Å². The van der Waals surface area contributed by atoms with Gasteiger partial charge in [0.15, 0.2) is 0 Å². The quantitative estimate of drug-likeness (QED) is 0.774. The largest absolute Gasteiger partial charge is 0.481 e. The van der Waals surface area contributed by atoms with E-state index in [1.807, 2.05) is 6.92 Å². The highest BCUT2D eigenvalue weighted by molar-refractivity contribution is 5.82. The molecule has 0 aliphatic carbocycles. The highest BCUT2D eigenvalue weighted by Gasteiger charge is 2.35. The Morgan fingerprint density at radius 1 is 1.35 bits per heavy atom. The normalized spacial score (nSPS) is 33.7. The summed E-state index contributed by atoms with van der Waals surface area (Å²) in [6.45, 7) is 3.62. The maximum absolute atomic E-state index is 12.1. The lowest BCUT2D eigenvalue weighted by atomic mass is 9.90. The van der Waals surface area contributed by atoms with E-state index in [4.69, 9.17) is 9.84 Å². The summed E-state index contributed by atoms with van der Waals surface area (Å²) < 4.78 is 5.36. The van der Waals surface area contributed by atoms with Crippen LogP contribution in [-0.4, -0.2) is 47.7 Å². The summed E-state index contributed by atoms with van der Waals surface area (Å²) in [6, 6.07) is 0. The minimum Gasteiger partial charge on any atom is -0.481 e. The van der Waals surface area contributed by atoms with Gasteiger partial charge in [0.1, 0.15) is 6.10 Å². The van der Waals surface area contributed by atoms with Crippen LogP contribution >= 0.6 is 0 Å². The van der Waals surface area contributed by atoms with Gasteiger partial charge < -0.3 is 14.7 Å². The molecule has 0 spiro atoms. The molecular formula is C12H19NO4. The monoisotopic (exact) mass is 241 g/mol. The third kappa shape index (κ3) is 2.77. The van der Waals surface area contributed by atoms with E-state index in [2.05, 4.69) is 0 Å². The summed E-state index contributed by atoms with van der Waals surface area (Å²) >= 11 is 0. The van der Waals surface area contributed by atoms with Gasteiger partial charge in [0.25, 0.3) is 5.91 Å². The van der Waals surface area contributed by atoms with Gasteiger partial charge in [-0.05, 0) is 25.2 Å². The van der Waals surface area contributed by atoms with Crippen molar-refractivity contribution in [2.24, 2.45) is 11.8 Å². The molecule has 2 heterocycles. The van der Waals surface area contributed by atoms with Gasteiger partial charge in [-0.1, -0.05) is 6.92 Å². The molecule has 2 unspecified atom stereocenters. The minimum atomic E-state index is -0.804. The number of nitrogens with zero attached hydrogens (tertiary/aromatic N) is 1. The number of carboxylic acids is 1. The standard InChI is InChI=1S/C12H19NO4/c1-8-5-9(12(15)16)7-13(6-8)11(14)10-3-2-4-17-10/h8-10H,2-7H2,1H3,(H,15,16)/t8?,9?,10-/m1/s1. The highest BCUT2D eigenvalue weighted by atomic mass is 16.5. The Hall–Kier alpha value is -1.10. The Morgan fingerprint density at radius 2 is 2.12 bits per heavy atom. The molecule has 2 saturated heterocycles. The smallest absolute Gasteiger partial charge is 0.308 e. The van der Waals surface area contributed by atoms with E-state index >= 15 is 0 Å². The van der Waals surface area contributed by atoms with Gasteiger partial charge in [-0.25, -0.2) is 0 Å². The Bertz CT molecular complexity index is 312. The number of ether oxygens (including phenoxy) is 1. The van der Waals surface area contributed by atoms with Crippen molar-refractivity contribution in [3.05, 3.63) is 0 Å². The molecule has 5 nitrogen and oxygen atoms in total. The summed E-state index contributed by atoms with van der Waals surface area (Å²) in [5.74, 6) is -1.01. The van der Waals surface area contributed by atoms with E-state index in [1.54, 1.807) is 4.90 Å². The van der Waals surface area contributed by atoms with Crippen LogP contribution in [0.1, 0.15) is 26.2 Å². The number of aliphatic carboxylic acids is 1. The fourth-order valence-corrected chi connectivity index (χ4v) is 2.69. The number of rotatable bonds is 2. The van der Waals surface area contributed by atoms with Crippen molar-refractivity contribution in [2.75, 3.05) is 19.7 Å². The van der Waals surface area contributed by atoms with Crippen molar-refractivity contribution in [2.45, 2.75) is 32.3 Å². The molecule has 0 bridgehead atoms. The summed E-state index contributed by atoms with van der Waals surface area (Å²) in [6.07, 6.45) is 2.00. The number of amides is 1. The Morgan fingerprint density at radius 3 is 2.71 bits per heavy atom. The van der Waals surface area contributed by atoms with Crippen molar-refractivity contribution >= 4 is 11.9 Å². The summed E-state index contributed by atoms with van der Waals surface area (Å²) in [5, 5.41) is 9.05. The third-order valence-electron chi connectivity index (χ3n) is 3.53. The summed E-state index contributed by atoms with van der Waals surface area (Å²) in [7, 11) is 0. The molecule has 1 amide bonds. The van der Waals surface area contributed by atoms with Gasteiger partial charge in [-0.15, -0.1) is 0 Å². The number of carboxylic acid groups (broad SMARTS) is 1. The van der Waals surface area contributed by atoms with Gasteiger partial charge in [0, 0.05) is 19.7 Å². The Labute approximate surface area is 101 Å². The van der Waals surface area contributed by atoms with Crippen LogP contribution in [0.4, 0.5) is 0 Å². The first-order chi connectivity index (χ1) is 8.08. The van der Waals surface area contributed by atoms with Gasteiger partial charge in [-0.3, -0.25) is 9.59 Å². The molecule has 17 heavy (non-hydrogen) atoms.